The number of benzene rings is 1. The lowest BCUT2D eigenvalue weighted by Crippen LogP contribution is -2.24. The molecule has 0 atom stereocenters. The van der Waals surface area contributed by atoms with E-state index >= 15 is 0 Å². The van der Waals surface area contributed by atoms with Crippen LogP contribution < -0.4 is 0 Å². The highest BCUT2D eigenvalue weighted by Crippen LogP contribution is 2.30. The average Bonchev–Trinajstić information content (AvgIpc) is 2.20. The molecule has 0 unspecified atom stereocenters. The van der Waals surface area contributed by atoms with E-state index in [1.165, 1.54) is 0 Å². The summed E-state index contributed by atoms with van der Waals surface area (Å²) in [6, 6.07) is 7.59. The Morgan fingerprint density at radius 3 is 2.62 bits per heavy atom. The highest BCUT2D eigenvalue weighted by Gasteiger charge is 2.26. The fourth-order valence-electron chi connectivity index (χ4n) is 1.08. The van der Waals surface area contributed by atoms with Crippen molar-refractivity contribution >= 4 is 29.3 Å². The first-order valence-electron chi connectivity index (χ1n) is 5.04. The van der Waals surface area contributed by atoms with Crippen molar-refractivity contribution in [3.8, 4) is 0 Å². The Hall–Kier alpha value is -0.670. The normalized spacial score (nSPS) is 11.4. The minimum absolute atomic E-state index is 0.623. The molecule has 0 fully saturated rings. The van der Waals surface area contributed by atoms with Crippen LogP contribution in [0.1, 0.15) is 20.3 Å². The molecule has 1 N–H and O–H groups in total. The fraction of sp³-hybridized carbons (Fsp3) is 0.417. The van der Waals surface area contributed by atoms with Crippen molar-refractivity contribution in [2.45, 2.75) is 25.2 Å². The average molecular weight is 259 g/mol. The van der Waals surface area contributed by atoms with Crippen LogP contribution in [0.5, 0.6) is 0 Å². The Morgan fingerprint density at radius 1 is 1.44 bits per heavy atom. The van der Waals surface area contributed by atoms with Gasteiger partial charge in [0.1, 0.15) is 0 Å². The summed E-state index contributed by atoms with van der Waals surface area (Å²) in [5.41, 5.74) is -0.672. The van der Waals surface area contributed by atoms with Crippen molar-refractivity contribution in [3.63, 3.8) is 0 Å². The number of thioether (sulfide) groups is 1. The second-order valence-corrected chi connectivity index (χ2v) is 5.76. The summed E-state index contributed by atoms with van der Waals surface area (Å²) in [6.07, 6.45) is 0.623. The summed E-state index contributed by atoms with van der Waals surface area (Å²) in [6.45, 7) is 3.48. The molecule has 16 heavy (non-hydrogen) atoms. The van der Waals surface area contributed by atoms with Gasteiger partial charge in [0.25, 0.3) is 0 Å². The smallest absolute Gasteiger partial charge is 0.309 e. The topological polar surface area (TPSA) is 37.3 Å². The molecule has 0 aliphatic carbocycles. The third kappa shape index (κ3) is 3.72. The molecule has 2 nitrogen and oxygen atoms in total. The Labute approximate surface area is 105 Å². The number of rotatable bonds is 5. The summed E-state index contributed by atoms with van der Waals surface area (Å²) >= 11 is 7.60. The van der Waals surface area contributed by atoms with E-state index in [0.717, 1.165) is 15.7 Å². The molecule has 0 radical (unpaired) electrons. The number of hydrogen-bond donors (Lipinski definition) is 1. The first-order valence-corrected chi connectivity index (χ1v) is 6.40. The predicted molar refractivity (Wildman–Crippen MR) is 68.2 cm³/mol. The minimum Gasteiger partial charge on any atom is -0.481 e. The van der Waals surface area contributed by atoms with Gasteiger partial charge in [-0.05, 0) is 38.2 Å². The Kier molecular flexibility index (Phi) is 4.69. The predicted octanol–water partition coefficient (Wildman–Crippen LogP) is 3.93. The number of carboxylic acid groups (broad SMARTS) is 1. The molecule has 0 aromatic heterocycles. The lowest BCUT2D eigenvalue weighted by molar-refractivity contribution is -0.146. The summed E-state index contributed by atoms with van der Waals surface area (Å²) in [7, 11) is 0. The number of carbonyl (C=O) groups is 1. The Morgan fingerprint density at radius 2 is 2.06 bits per heavy atom. The van der Waals surface area contributed by atoms with Gasteiger partial charge in [0.15, 0.2) is 0 Å². The van der Waals surface area contributed by atoms with Crippen LogP contribution in [-0.2, 0) is 4.79 Å². The summed E-state index contributed by atoms with van der Waals surface area (Å²) in [5.74, 6) is -0.00416. The minimum atomic E-state index is -0.757. The van der Waals surface area contributed by atoms with E-state index in [1.54, 1.807) is 25.6 Å². The van der Waals surface area contributed by atoms with Gasteiger partial charge in [0, 0.05) is 4.90 Å². The van der Waals surface area contributed by atoms with E-state index in [9.17, 15) is 4.79 Å². The van der Waals surface area contributed by atoms with Crippen LogP contribution >= 0.6 is 23.4 Å². The number of hydrogen-bond acceptors (Lipinski definition) is 2. The lowest BCUT2D eigenvalue weighted by atomic mass is 9.91. The molecule has 0 saturated heterocycles. The molecule has 0 heterocycles. The van der Waals surface area contributed by atoms with E-state index in [0.29, 0.717) is 6.42 Å². The monoisotopic (exact) mass is 258 g/mol. The molecule has 0 aliphatic heterocycles. The van der Waals surface area contributed by atoms with Gasteiger partial charge in [-0.3, -0.25) is 4.79 Å². The quantitative estimate of drug-likeness (QED) is 0.813. The Bertz CT molecular complexity index is 377. The van der Waals surface area contributed by atoms with Gasteiger partial charge in [0.05, 0.1) is 10.4 Å². The third-order valence-corrected chi connectivity index (χ3v) is 3.92. The van der Waals surface area contributed by atoms with Gasteiger partial charge in [-0.2, -0.15) is 0 Å². The van der Waals surface area contributed by atoms with Gasteiger partial charge in [-0.1, -0.05) is 23.7 Å². The number of halogens is 1. The molecular weight excluding hydrogens is 244 g/mol. The summed E-state index contributed by atoms with van der Waals surface area (Å²) in [4.78, 5) is 11.9. The zero-order valence-electron chi connectivity index (χ0n) is 9.37. The third-order valence-electron chi connectivity index (χ3n) is 2.40. The van der Waals surface area contributed by atoms with Gasteiger partial charge in [0.2, 0.25) is 0 Å². The maximum absolute atomic E-state index is 10.9. The molecule has 1 aromatic rings. The van der Waals surface area contributed by atoms with Crippen LogP contribution in [0.2, 0.25) is 5.02 Å². The maximum atomic E-state index is 10.9. The standard InChI is InChI=1S/C12H15ClO2S/c1-12(2,11(14)15)7-8-16-10-6-4-3-5-9(10)13/h3-6H,7-8H2,1-2H3,(H,14,15). The molecule has 1 aromatic carbocycles. The van der Waals surface area contributed by atoms with Crippen LogP contribution in [0.15, 0.2) is 29.2 Å². The zero-order valence-corrected chi connectivity index (χ0v) is 10.9. The second-order valence-electron chi connectivity index (χ2n) is 4.22. The lowest BCUT2D eigenvalue weighted by Gasteiger charge is -2.18. The fourth-order valence-corrected chi connectivity index (χ4v) is 2.60. The van der Waals surface area contributed by atoms with Crippen molar-refractivity contribution < 1.29 is 9.90 Å². The molecule has 0 saturated carbocycles. The second kappa shape index (κ2) is 5.60. The van der Waals surface area contributed by atoms with Gasteiger partial charge >= 0.3 is 5.97 Å². The molecule has 0 bridgehead atoms. The van der Waals surface area contributed by atoms with E-state index in [2.05, 4.69) is 0 Å². The largest absolute Gasteiger partial charge is 0.481 e. The first-order chi connectivity index (χ1) is 7.43. The van der Waals surface area contributed by atoms with Crippen molar-refractivity contribution in [2.75, 3.05) is 5.75 Å². The zero-order chi connectivity index (χ0) is 12.2. The molecule has 0 aliphatic rings. The van der Waals surface area contributed by atoms with Crippen LogP contribution in [0.4, 0.5) is 0 Å². The number of carboxylic acids is 1. The van der Waals surface area contributed by atoms with E-state index in [-0.39, 0.29) is 0 Å². The van der Waals surface area contributed by atoms with Crippen LogP contribution in [0.3, 0.4) is 0 Å². The van der Waals surface area contributed by atoms with E-state index < -0.39 is 11.4 Å². The summed E-state index contributed by atoms with van der Waals surface area (Å²) < 4.78 is 0. The van der Waals surface area contributed by atoms with Crippen molar-refractivity contribution in [1.82, 2.24) is 0 Å². The van der Waals surface area contributed by atoms with Crippen molar-refractivity contribution in [1.29, 1.82) is 0 Å². The van der Waals surface area contributed by atoms with Crippen LogP contribution in [0.25, 0.3) is 0 Å². The molecule has 0 amide bonds. The van der Waals surface area contributed by atoms with Gasteiger partial charge < -0.3 is 5.11 Å². The Balaban J connectivity index is 2.48. The van der Waals surface area contributed by atoms with Crippen molar-refractivity contribution in [3.05, 3.63) is 29.3 Å². The molecule has 4 heteroatoms. The highest BCUT2D eigenvalue weighted by molar-refractivity contribution is 7.99. The van der Waals surface area contributed by atoms with Crippen LogP contribution in [-0.4, -0.2) is 16.8 Å². The molecular formula is C12H15ClO2S. The van der Waals surface area contributed by atoms with E-state index in [1.807, 2.05) is 24.3 Å². The maximum Gasteiger partial charge on any atom is 0.309 e. The molecule has 0 spiro atoms. The van der Waals surface area contributed by atoms with Crippen molar-refractivity contribution in [2.24, 2.45) is 5.41 Å². The SMILES string of the molecule is CC(C)(CCSc1ccccc1Cl)C(=O)O. The number of aliphatic carboxylic acids is 1. The highest BCUT2D eigenvalue weighted by atomic mass is 35.5. The van der Waals surface area contributed by atoms with E-state index in [4.69, 9.17) is 16.7 Å². The first kappa shape index (κ1) is 13.4. The molecule has 1 rings (SSSR count). The van der Waals surface area contributed by atoms with Crippen LogP contribution in [0, 0.1) is 5.41 Å². The van der Waals surface area contributed by atoms with Gasteiger partial charge in [-0.25, -0.2) is 0 Å². The molecule has 88 valence electrons. The summed E-state index contributed by atoms with van der Waals surface area (Å²) in [5, 5.41) is 9.68. The van der Waals surface area contributed by atoms with Gasteiger partial charge in [-0.15, -0.1) is 11.8 Å².